The molecule has 9 heteroatoms. The van der Waals surface area contributed by atoms with Crippen LogP contribution in [0.2, 0.25) is 0 Å². The zero-order valence-corrected chi connectivity index (χ0v) is 16.7. The number of hydrazine groups is 1. The van der Waals surface area contributed by atoms with Crippen LogP contribution in [0.5, 0.6) is 5.75 Å². The lowest BCUT2D eigenvalue weighted by atomic mass is 9.95. The molecule has 1 amide bonds. The Balaban J connectivity index is 1.47. The summed E-state index contributed by atoms with van der Waals surface area (Å²) >= 11 is 0. The van der Waals surface area contributed by atoms with Gasteiger partial charge in [0.15, 0.2) is 0 Å². The van der Waals surface area contributed by atoms with Crippen LogP contribution in [-0.4, -0.2) is 30.2 Å². The maximum Gasteiger partial charge on any atom is 0.278 e. The topological polar surface area (TPSA) is 118 Å². The maximum absolute atomic E-state index is 12.6. The highest BCUT2D eigenvalue weighted by Gasteiger charge is 2.32. The fraction of sp³-hybridized carbons (Fsp3) is 0.182. The number of hydrogen-bond donors (Lipinski definition) is 3. The molecule has 9 nitrogen and oxygen atoms in total. The number of nitro benzene ring substituents is 1. The summed E-state index contributed by atoms with van der Waals surface area (Å²) in [5.41, 5.74) is 9.83. The van der Waals surface area contributed by atoms with E-state index in [2.05, 4.69) is 21.4 Å². The number of amides is 1. The van der Waals surface area contributed by atoms with Crippen molar-refractivity contribution < 1.29 is 14.5 Å². The third-order valence-electron chi connectivity index (χ3n) is 5.23. The van der Waals surface area contributed by atoms with Crippen LogP contribution < -0.4 is 21.0 Å². The van der Waals surface area contributed by atoms with Crippen LogP contribution in [-0.2, 0) is 4.79 Å². The minimum absolute atomic E-state index is 0.0794. The molecule has 0 spiro atoms. The molecule has 0 aromatic heterocycles. The third kappa shape index (κ3) is 4.23. The second-order valence-electron chi connectivity index (χ2n) is 7.08. The Morgan fingerprint density at radius 1 is 1.16 bits per heavy atom. The summed E-state index contributed by atoms with van der Waals surface area (Å²) in [4.78, 5) is 23.1. The number of carbonyl (C=O) groups excluding carboxylic acids is 1. The number of hydrogen-bond acceptors (Lipinski definition) is 7. The first-order valence-corrected chi connectivity index (χ1v) is 9.71. The molecular weight excluding hydrogens is 398 g/mol. The number of rotatable bonds is 6. The van der Waals surface area contributed by atoms with Crippen LogP contribution in [0.1, 0.15) is 23.6 Å². The molecular formula is C22H21N5O4. The Hall–Kier alpha value is -3.82. The maximum atomic E-state index is 12.6. The van der Waals surface area contributed by atoms with Crippen LogP contribution in [0, 0.1) is 10.1 Å². The van der Waals surface area contributed by atoms with E-state index in [9.17, 15) is 14.9 Å². The van der Waals surface area contributed by atoms with Gasteiger partial charge in [-0.15, -0.1) is 0 Å². The van der Waals surface area contributed by atoms with E-state index in [1.807, 2.05) is 36.4 Å². The Kier molecular flexibility index (Phi) is 5.87. The monoisotopic (exact) mass is 419 g/mol. The van der Waals surface area contributed by atoms with Gasteiger partial charge in [0.05, 0.1) is 29.9 Å². The van der Waals surface area contributed by atoms with Crippen molar-refractivity contribution in [2.24, 2.45) is 5.10 Å². The molecule has 3 aromatic carbocycles. The van der Waals surface area contributed by atoms with Gasteiger partial charge in [-0.25, -0.2) is 16.3 Å². The van der Waals surface area contributed by atoms with Crippen molar-refractivity contribution in [3.8, 4) is 5.75 Å². The molecule has 2 atom stereocenters. The number of carbonyl (C=O) groups is 1. The summed E-state index contributed by atoms with van der Waals surface area (Å²) in [6.07, 6.45) is 1.75. The van der Waals surface area contributed by atoms with Gasteiger partial charge >= 0.3 is 0 Å². The molecule has 0 aliphatic carbocycles. The molecule has 31 heavy (non-hydrogen) atoms. The molecule has 1 aliphatic rings. The van der Waals surface area contributed by atoms with E-state index >= 15 is 0 Å². The number of nitrogens with one attached hydrogen (secondary N) is 3. The number of hydrazone groups is 1. The number of methoxy groups -OCH3 is 1. The molecule has 3 aromatic rings. The number of benzene rings is 3. The van der Waals surface area contributed by atoms with Crippen molar-refractivity contribution >= 4 is 28.6 Å². The minimum atomic E-state index is -0.531. The predicted molar refractivity (Wildman–Crippen MR) is 117 cm³/mol. The van der Waals surface area contributed by atoms with E-state index in [-0.39, 0.29) is 17.6 Å². The molecule has 0 saturated carbocycles. The SMILES string of the molecule is COc1ccc2ccccc2c1C1CC(C(=O)N/N=C/c2ccccc2[N+](=O)[O-])NN1. The van der Waals surface area contributed by atoms with Gasteiger partial charge in [0.1, 0.15) is 11.8 Å². The summed E-state index contributed by atoms with van der Waals surface area (Å²) in [5.74, 6) is 0.400. The van der Waals surface area contributed by atoms with E-state index in [1.54, 1.807) is 25.3 Å². The summed E-state index contributed by atoms with van der Waals surface area (Å²) in [6, 6.07) is 17.4. The molecule has 1 heterocycles. The lowest BCUT2D eigenvalue weighted by molar-refractivity contribution is -0.385. The normalized spacial score (nSPS) is 18.4. The minimum Gasteiger partial charge on any atom is -0.496 e. The molecule has 0 radical (unpaired) electrons. The second-order valence-corrected chi connectivity index (χ2v) is 7.08. The van der Waals surface area contributed by atoms with Crippen LogP contribution in [0.15, 0.2) is 65.8 Å². The van der Waals surface area contributed by atoms with E-state index in [1.165, 1.54) is 12.3 Å². The average Bonchev–Trinajstić information content (AvgIpc) is 3.28. The van der Waals surface area contributed by atoms with Crippen molar-refractivity contribution in [2.45, 2.75) is 18.5 Å². The van der Waals surface area contributed by atoms with Crippen LogP contribution in [0.4, 0.5) is 5.69 Å². The van der Waals surface area contributed by atoms with Crippen molar-refractivity contribution in [2.75, 3.05) is 7.11 Å². The van der Waals surface area contributed by atoms with Gasteiger partial charge < -0.3 is 4.74 Å². The number of fused-ring (bicyclic) bond motifs is 1. The van der Waals surface area contributed by atoms with Crippen LogP contribution >= 0.6 is 0 Å². The average molecular weight is 419 g/mol. The first-order valence-electron chi connectivity index (χ1n) is 9.71. The van der Waals surface area contributed by atoms with Gasteiger partial charge in [-0.05, 0) is 29.3 Å². The highest BCUT2D eigenvalue weighted by atomic mass is 16.6. The molecule has 158 valence electrons. The molecule has 1 aliphatic heterocycles. The second kappa shape index (κ2) is 8.90. The van der Waals surface area contributed by atoms with Gasteiger partial charge in [-0.1, -0.05) is 42.5 Å². The summed E-state index contributed by atoms with van der Waals surface area (Å²) < 4.78 is 5.56. The Morgan fingerprint density at radius 3 is 2.74 bits per heavy atom. The summed E-state index contributed by atoms with van der Waals surface area (Å²) in [7, 11) is 1.62. The lowest BCUT2D eigenvalue weighted by Gasteiger charge is -2.17. The van der Waals surface area contributed by atoms with Crippen LogP contribution in [0.3, 0.4) is 0 Å². The fourth-order valence-electron chi connectivity index (χ4n) is 3.74. The smallest absolute Gasteiger partial charge is 0.278 e. The largest absolute Gasteiger partial charge is 0.496 e. The van der Waals surface area contributed by atoms with E-state index < -0.39 is 11.0 Å². The standard InChI is InChI=1S/C22H21N5O4/c1-31-20-11-10-14-6-2-4-8-16(14)21(20)17-12-18(25-24-17)22(28)26-23-13-15-7-3-5-9-19(15)27(29)30/h2-11,13,17-18,24-25H,12H2,1H3,(H,26,28)/b23-13+. The first-order chi connectivity index (χ1) is 15.1. The highest BCUT2D eigenvalue weighted by Crippen LogP contribution is 2.36. The van der Waals surface area contributed by atoms with Gasteiger partial charge in [0.2, 0.25) is 0 Å². The zero-order chi connectivity index (χ0) is 21.8. The molecule has 1 fully saturated rings. The summed E-state index contributed by atoms with van der Waals surface area (Å²) in [5, 5.41) is 17.1. The number of ether oxygens (including phenoxy) is 1. The Labute approximate surface area is 178 Å². The molecule has 2 unspecified atom stereocenters. The van der Waals surface area contributed by atoms with Crippen molar-refractivity contribution in [3.05, 3.63) is 81.9 Å². The predicted octanol–water partition coefficient (Wildman–Crippen LogP) is 2.81. The number of nitro groups is 1. The van der Waals surface area contributed by atoms with Crippen molar-refractivity contribution in [1.29, 1.82) is 0 Å². The molecule has 1 saturated heterocycles. The van der Waals surface area contributed by atoms with Gasteiger partial charge in [-0.3, -0.25) is 14.9 Å². The molecule has 3 N–H and O–H groups in total. The van der Waals surface area contributed by atoms with Crippen molar-refractivity contribution in [3.63, 3.8) is 0 Å². The van der Waals surface area contributed by atoms with Gasteiger partial charge in [-0.2, -0.15) is 5.10 Å². The fourth-order valence-corrected chi connectivity index (χ4v) is 3.74. The Bertz CT molecular complexity index is 1160. The first kappa shape index (κ1) is 20.5. The highest BCUT2D eigenvalue weighted by molar-refractivity contribution is 5.89. The zero-order valence-electron chi connectivity index (χ0n) is 16.7. The van der Waals surface area contributed by atoms with E-state index in [4.69, 9.17) is 4.74 Å². The van der Waals surface area contributed by atoms with Crippen molar-refractivity contribution in [1.82, 2.24) is 16.3 Å². The van der Waals surface area contributed by atoms with E-state index in [0.29, 0.717) is 12.0 Å². The lowest BCUT2D eigenvalue weighted by Crippen LogP contribution is -2.41. The number of nitrogens with zero attached hydrogens (tertiary/aromatic N) is 2. The van der Waals surface area contributed by atoms with E-state index in [0.717, 1.165) is 22.1 Å². The van der Waals surface area contributed by atoms with Gasteiger partial charge in [0, 0.05) is 11.6 Å². The third-order valence-corrected chi connectivity index (χ3v) is 5.23. The van der Waals surface area contributed by atoms with Crippen LogP contribution in [0.25, 0.3) is 10.8 Å². The number of para-hydroxylation sites is 1. The molecule has 0 bridgehead atoms. The quantitative estimate of drug-likeness (QED) is 0.321. The molecule has 4 rings (SSSR count). The Morgan fingerprint density at radius 2 is 1.94 bits per heavy atom. The summed E-state index contributed by atoms with van der Waals surface area (Å²) in [6.45, 7) is 0. The van der Waals surface area contributed by atoms with Gasteiger partial charge in [0.25, 0.3) is 11.6 Å².